The molecule has 1 unspecified atom stereocenters. The standard InChI is InChI=1S/C11H15F6NO3/c12-10(13,14)6-21-5-8(19)18-3-1-7(2-4-18)9(20)11(15,16)17/h7,9,20H,1-6H2. The van der Waals surface area contributed by atoms with Gasteiger partial charge in [0.15, 0.2) is 6.10 Å². The first-order valence-corrected chi connectivity index (χ1v) is 6.18. The molecule has 1 amide bonds. The van der Waals surface area contributed by atoms with E-state index in [0.717, 1.165) is 4.90 Å². The van der Waals surface area contributed by atoms with Gasteiger partial charge in [0.25, 0.3) is 0 Å². The first-order valence-electron chi connectivity index (χ1n) is 6.18. The Morgan fingerprint density at radius 3 is 2.14 bits per heavy atom. The van der Waals surface area contributed by atoms with E-state index >= 15 is 0 Å². The topological polar surface area (TPSA) is 49.8 Å². The molecule has 0 aromatic carbocycles. The number of aliphatic hydroxyl groups excluding tert-OH is 1. The van der Waals surface area contributed by atoms with Gasteiger partial charge in [0.05, 0.1) is 0 Å². The predicted octanol–water partition coefficient (Wildman–Crippen LogP) is 1.73. The normalized spacial score (nSPS) is 19.7. The highest BCUT2D eigenvalue weighted by molar-refractivity contribution is 5.77. The third kappa shape index (κ3) is 6.08. The molecule has 1 N–H and O–H groups in total. The molecule has 0 aliphatic carbocycles. The number of piperidine rings is 1. The van der Waals surface area contributed by atoms with Crippen LogP contribution < -0.4 is 0 Å². The molecule has 1 aliphatic rings. The van der Waals surface area contributed by atoms with Gasteiger partial charge in [0.1, 0.15) is 13.2 Å². The predicted molar refractivity (Wildman–Crippen MR) is 58.2 cm³/mol. The Hall–Kier alpha value is -1.03. The number of halogens is 6. The number of carbonyl (C=O) groups excluding carboxylic acids is 1. The zero-order valence-electron chi connectivity index (χ0n) is 10.9. The molecule has 0 spiro atoms. The van der Waals surface area contributed by atoms with Gasteiger partial charge in [-0.25, -0.2) is 0 Å². The van der Waals surface area contributed by atoms with Crippen molar-refractivity contribution in [3.8, 4) is 0 Å². The average molecular weight is 323 g/mol. The molecule has 0 radical (unpaired) electrons. The lowest BCUT2D eigenvalue weighted by Gasteiger charge is -2.34. The van der Waals surface area contributed by atoms with Crippen molar-refractivity contribution in [2.45, 2.75) is 31.3 Å². The number of rotatable bonds is 4. The number of nitrogens with zero attached hydrogens (tertiary/aromatic N) is 1. The maximum Gasteiger partial charge on any atom is 0.414 e. The van der Waals surface area contributed by atoms with Crippen molar-refractivity contribution in [2.75, 3.05) is 26.3 Å². The molecule has 0 bridgehead atoms. The molecule has 1 atom stereocenters. The van der Waals surface area contributed by atoms with E-state index in [2.05, 4.69) is 4.74 Å². The van der Waals surface area contributed by atoms with Crippen molar-refractivity contribution in [2.24, 2.45) is 5.92 Å². The number of hydrogen-bond donors (Lipinski definition) is 1. The van der Waals surface area contributed by atoms with Gasteiger partial charge in [0.2, 0.25) is 5.91 Å². The Labute approximate surface area is 116 Å². The van der Waals surface area contributed by atoms with Gasteiger partial charge in [-0.2, -0.15) is 26.3 Å². The van der Waals surface area contributed by atoms with Crippen LogP contribution in [0.25, 0.3) is 0 Å². The molecule has 0 aromatic heterocycles. The first-order chi connectivity index (χ1) is 9.50. The zero-order chi connectivity index (χ0) is 16.3. The van der Waals surface area contributed by atoms with Gasteiger partial charge in [-0.1, -0.05) is 0 Å². The summed E-state index contributed by atoms with van der Waals surface area (Å²) in [6.07, 6.45) is -11.8. The largest absolute Gasteiger partial charge is 0.414 e. The van der Waals surface area contributed by atoms with Crippen LogP contribution in [-0.4, -0.2) is 60.7 Å². The SMILES string of the molecule is O=C(COCC(F)(F)F)N1CCC(C(O)C(F)(F)F)CC1. The third-order valence-corrected chi connectivity index (χ3v) is 3.17. The molecule has 1 rings (SSSR count). The summed E-state index contributed by atoms with van der Waals surface area (Å²) in [6.45, 7) is -2.42. The van der Waals surface area contributed by atoms with Crippen molar-refractivity contribution in [1.82, 2.24) is 4.90 Å². The molecule has 1 saturated heterocycles. The molecular weight excluding hydrogens is 308 g/mol. The minimum absolute atomic E-state index is 0.0496. The third-order valence-electron chi connectivity index (χ3n) is 3.17. The van der Waals surface area contributed by atoms with Gasteiger partial charge >= 0.3 is 12.4 Å². The Kier molecular flexibility index (Phi) is 5.85. The summed E-state index contributed by atoms with van der Waals surface area (Å²) in [6, 6.07) is 0. The first kappa shape index (κ1) is 18.0. The number of carbonyl (C=O) groups is 1. The van der Waals surface area contributed by atoms with Crippen molar-refractivity contribution in [3.05, 3.63) is 0 Å². The summed E-state index contributed by atoms with van der Waals surface area (Å²) < 4.78 is 76.6. The van der Waals surface area contributed by atoms with Crippen LogP contribution in [0.1, 0.15) is 12.8 Å². The van der Waals surface area contributed by atoms with E-state index < -0.39 is 43.5 Å². The minimum Gasteiger partial charge on any atom is -0.383 e. The maximum absolute atomic E-state index is 12.3. The van der Waals surface area contributed by atoms with Crippen molar-refractivity contribution < 1.29 is 41.0 Å². The second kappa shape index (κ2) is 6.82. The lowest BCUT2D eigenvalue weighted by Crippen LogP contribution is -2.46. The summed E-state index contributed by atoms with van der Waals surface area (Å²) in [5, 5.41) is 9.09. The van der Waals surface area contributed by atoms with Crippen LogP contribution in [0.4, 0.5) is 26.3 Å². The lowest BCUT2D eigenvalue weighted by atomic mass is 9.91. The summed E-state index contributed by atoms with van der Waals surface area (Å²) in [5.41, 5.74) is 0. The average Bonchev–Trinajstić information content (AvgIpc) is 2.35. The molecule has 10 heteroatoms. The van der Waals surface area contributed by atoms with E-state index in [1.165, 1.54) is 0 Å². The van der Waals surface area contributed by atoms with Crippen LogP contribution in [0.5, 0.6) is 0 Å². The molecule has 1 heterocycles. The zero-order valence-corrected chi connectivity index (χ0v) is 10.9. The summed E-state index contributed by atoms with van der Waals surface area (Å²) in [7, 11) is 0. The molecule has 0 aromatic rings. The van der Waals surface area contributed by atoms with Crippen LogP contribution in [-0.2, 0) is 9.53 Å². The molecule has 1 fully saturated rings. The second-order valence-electron chi connectivity index (χ2n) is 4.81. The van der Waals surface area contributed by atoms with Gasteiger partial charge in [-0.05, 0) is 18.8 Å². The fourth-order valence-corrected chi connectivity index (χ4v) is 2.08. The molecule has 1 aliphatic heterocycles. The quantitative estimate of drug-likeness (QED) is 0.802. The Morgan fingerprint density at radius 2 is 1.71 bits per heavy atom. The van der Waals surface area contributed by atoms with E-state index in [0.29, 0.717) is 0 Å². The maximum atomic E-state index is 12.3. The highest BCUT2D eigenvalue weighted by atomic mass is 19.4. The second-order valence-corrected chi connectivity index (χ2v) is 4.81. The van der Waals surface area contributed by atoms with Crippen molar-refractivity contribution in [1.29, 1.82) is 0 Å². The molecule has 4 nitrogen and oxygen atoms in total. The van der Waals surface area contributed by atoms with Crippen LogP contribution >= 0.6 is 0 Å². The molecule has 21 heavy (non-hydrogen) atoms. The Balaban J connectivity index is 2.34. The fraction of sp³-hybridized carbons (Fsp3) is 0.909. The van der Waals surface area contributed by atoms with E-state index in [4.69, 9.17) is 5.11 Å². The van der Waals surface area contributed by atoms with E-state index in [1.54, 1.807) is 0 Å². The molecule has 124 valence electrons. The van der Waals surface area contributed by atoms with Crippen LogP contribution in [0, 0.1) is 5.92 Å². The number of ether oxygens (including phenoxy) is 1. The van der Waals surface area contributed by atoms with E-state index in [1.807, 2.05) is 0 Å². The molecular formula is C11H15F6NO3. The molecule has 0 saturated carbocycles. The van der Waals surface area contributed by atoms with Crippen molar-refractivity contribution >= 4 is 5.91 Å². The monoisotopic (exact) mass is 323 g/mol. The van der Waals surface area contributed by atoms with Gasteiger partial charge < -0.3 is 14.7 Å². The van der Waals surface area contributed by atoms with Gasteiger partial charge in [0, 0.05) is 13.1 Å². The van der Waals surface area contributed by atoms with Crippen LogP contribution in [0.2, 0.25) is 0 Å². The van der Waals surface area contributed by atoms with E-state index in [-0.39, 0.29) is 25.9 Å². The van der Waals surface area contributed by atoms with Gasteiger partial charge in [-0.15, -0.1) is 0 Å². The highest BCUT2D eigenvalue weighted by Crippen LogP contribution is 2.31. The smallest absolute Gasteiger partial charge is 0.383 e. The Bertz CT molecular complexity index is 349. The number of likely N-dealkylation sites (tertiary alicyclic amines) is 1. The summed E-state index contributed by atoms with van der Waals surface area (Å²) in [5.74, 6) is -1.72. The number of amides is 1. The Morgan fingerprint density at radius 1 is 1.19 bits per heavy atom. The fourth-order valence-electron chi connectivity index (χ4n) is 2.08. The van der Waals surface area contributed by atoms with E-state index in [9.17, 15) is 31.1 Å². The van der Waals surface area contributed by atoms with Crippen molar-refractivity contribution in [3.63, 3.8) is 0 Å². The number of alkyl halides is 6. The minimum atomic E-state index is -4.72. The summed E-state index contributed by atoms with van der Waals surface area (Å²) in [4.78, 5) is 12.6. The lowest BCUT2D eigenvalue weighted by molar-refractivity contribution is -0.223. The highest BCUT2D eigenvalue weighted by Gasteiger charge is 2.44. The summed E-state index contributed by atoms with van der Waals surface area (Å²) >= 11 is 0. The van der Waals surface area contributed by atoms with Crippen LogP contribution in [0.3, 0.4) is 0 Å². The number of hydrogen-bond acceptors (Lipinski definition) is 3. The van der Waals surface area contributed by atoms with Gasteiger partial charge in [-0.3, -0.25) is 4.79 Å². The number of aliphatic hydroxyl groups is 1. The van der Waals surface area contributed by atoms with Crippen LogP contribution in [0.15, 0.2) is 0 Å².